The van der Waals surface area contributed by atoms with Crippen LogP contribution in [0.4, 0.5) is 0 Å². The molecule has 5 rings (SSSR count). The number of para-hydroxylation sites is 1. The van der Waals surface area contributed by atoms with E-state index in [0.717, 1.165) is 42.7 Å². The van der Waals surface area contributed by atoms with E-state index in [-0.39, 0.29) is 48.2 Å². The van der Waals surface area contributed by atoms with E-state index in [1.807, 2.05) is 43.0 Å². The molecule has 3 amide bonds. The van der Waals surface area contributed by atoms with Crippen molar-refractivity contribution in [3.63, 3.8) is 0 Å². The summed E-state index contributed by atoms with van der Waals surface area (Å²) in [6.45, 7) is 13.7. The number of hydrogen-bond donors (Lipinski definition) is 1. The number of thiazole rings is 1. The number of fused-ring (bicyclic) bond motifs is 2. The molecule has 4 heterocycles. The predicted molar refractivity (Wildman–Crippen MR) is 177 cm³/mol. The van der Waals surface area contributed by atoms with Crippen LogP contribution in [-0.4, -0.2) is 118 Å². The van der Waals surface area contributed by atoms with Gasteiger partial charge < -0.3 is 24.5 Å². The number of aliphatic hydroxyl groups excluding tert-OH is 1. The van der Waals surface area contributed by atoms with Gasteiger partial charge in [-0.25, -0.2) is 4.98 Å². The molecule has 3 aliphatic heterocycles. The molecule has 12 heteroatoms. The number of piperidine rings is 1. The number of amides is 3. The van der Waals surface area contributed by atoms with Crippen LogP contribution in [0.3, 0.4) is 0 Å². The van der Waals surface area contributed by atoms with Crippen LogP contribution < -0.4 is 0 Å². The Morgan fingerprint density at radius 2 is 1.89 bits per heavy atom. The summed E-state index contributed by atoms with van der Waals surface area (Å²) in [6.07, 6.45) is 4.07. The summed E-state index contributed by atoms with van der Waals surface area (Å²) < 4.78 is 6.49. The number of nitrogens with zero attached hydrogens (tertiary/aromatic N) is 5. The van der Waals surface area contributed by atoms with E-state index in [1.165, 1.54) is 22.5 Å². The van der Waals surface area contributed by atoms with Crippen LogP contribution in [0.2, 0.25) is 0 Å². The van der Waals surface area contributed by atoms with Crippen LogP contribution in [-0.2, 0) is 24.0 Å². The molecule has 0 spiro atoms. The summed E-state index contributed by atoms with van der Waals surface area (Å²) >= 11 is 1.50. The molecule has 0 radical (unpaired) electrons. The van der Waals surface area contributed by atoms with Gasteiger partial charge in [0, 0.05) is 31.8 Å². The fraction of sp³-hybridized carbons (Fsp3) is 0.647. The molecular formula is C34H49N5O6S. The first-order chi connectivity index (χ1) is 21.9. The number of benzene rings is 1. The average molecular weight is 656 g/mol. The second-order valence-corrected chi connectivity index (χ2v) is 15.2. The Morgan fingerprint density at radius 1 is 1.15 bits per heavy atom. The maximum atomic E-state index is 14.3. The molecule has 0 saturated carbocycles. The number of aromatic nitrogens is 1. The molecule has 3 atom stereocenters. The highest BCUT2D eigenvalue weighted by molar-refractivity contribution is 7.19. The standard InChI is InChI=1S/C34H49N5O6S/c1-23(2)20-27-33(43)38-26(21-34(3,4)5)32(42)37(24-12-14-36(15-13-24)16-18-44-19-17-40)22-30(38)39(45-27)31(41)11-10-29-35-25-8-6-7-9-28(25)46-29/h6-11,23-24,26-27,30,40H,12-22H2,1-5H3/b11-10+/t26-,27+,30-/m0/s1. The van der Waals surface area contributed by atoms with Crippen molar-refractivity contribution in [2.75, 3.05) is 46.0 Å². The molecule has 1 aromatic carbocycles. The summed E-state index contributed by atoms with van der Waals surface area (Å²) in [5, 5.41) is 11.0. The second-order valence-electron chi connectivity index (χ2n) is 14.1. The van der Waals surface area contributed by atoms with E-state index in [1.54, 1.807) is 11.0 Å². The lowest BCUT2D eigenvalue weighted by Gasteiger charge is -2.55. The van der Waals surface area contributed by atoms with Crippen molar-refractivity contribution in [3.05, 3.63) is 35.3 Å². The Hall–Kier alpha value is -2.90. The molecule has 3 fully saturated rings. The van der Waals surface area contributed by atoms with E-state index in [9.17, 15) is 14.4 Å². The maximum Gasteiger partial charge on any atom is 0.272 e. The van der Waals surface area contributed by atoms with Crippen molar-refractivity contribution in [3.8, 4) is 0 Å². The Labute approximate surface area is 276 Å². The molecule has 2 aromatic rings. The fourth-order valence-electron chi connectivity index (χ4n) is 6.64. The summed E-state index contributed by atoms with van der Waals surface area (Å²) in [4.78, 5) is 59.1. The minimum atomic E-state index is -0.853. The van der Waals surface area contributed by atoms with Gasteiger partial charge in [0.1, 0.15) is 11.0 Å². The third-order valence-electron chi connectivity index (χ3n) is 8.80. The van der Waals surface area contributed by atoms with E-state index in [0.29, 0.717) is 31.1 Å². The molecule has 3 aliphatic rings. The third kappa shape index (κ3) is 8.14. The number of piperazine rings is 1. The molecule has 0 aliphatic carbocycles. The van der Waals surface area contributed by atoms with Crippen molar-refractivity contribution < 1.29 is 29.1 Å². The first kappa shape index (κ1) is 34.4. The zero-order valence-electron chi connectivity index (χ0n) is 27.8. The van der Waals surface area contributed by atoms with Crippen LogP contribution in [0.15, 0.2) is 30.3 Å². The number of aliphatic hydroxyl groups is 1. The molecule has 0 bridgehead atoms. The average Bonchev–Trinajstić information content (AvgIpc) is 3.43. The summed E-state index contributed by atoms with van der Waals surface area (Å²) in [7, 11) is 0. The first-order valence-corrected chi connectivity index (χ1v) is 17.3. The maximum absolute atomic E-state index is 14.3. The van der Waals surface area contributed by atoms with Gasteiger partial charge in [-0.1, -0.05) is 46.8 Å². The van der Waals surface area contributed by atoms with Crippen LogP contribution in [0, 0.1) is 11.3 Å². The molecule has 46 heavy (non-hydrogen) atoms. The molecular weight excluding hydrogens is 606 g/mol. The number of carbonyl (C=O) groups is 3. The number of rotatable bonds is 11. The number of likely N-dealkylation sites (tertiary alicyclic amines) is 1. The lowest BCUT2D eigenvalue weighted by Crippen LogP contribution is -2.74. The molecule has 1 N–H and O–H groups in total. The Morgan fingerprint density at radius 3 is 2.57 bits per heavy atom. The SMILES string of the molecule is CC(C)C[C@H]1ON(C(=O)/C=C/c2nc3ccccc3s2)[C@H]2CN(C3CCN(CCOCCO)CC3)C(=O)[C@H](CC(C)(C)C)N2C1=O. The van der Waals surface area contributed by atoms with Gasteiger partial charge >= 0.3 is 0 Å². The second kappa shape index (κ2) is 14.9. The van der Waals surface area contributed by atoms with Crippen molar-refractivity contribution >= 4 is 45.4 Å². The van der Waals surface area contributed by atoms with E-state index in [2.05, 4.69) is 30.7 Å². The minimum absolute atomic E-state index is 0.00872. The molecule has 11 nitrogen and oxygen atoms in total. The monoisotopic (exact) mass is 655 g/mol. The highest BCUT2D eigenvalue weighted by Crippen LogP contribution is 2.36. The van der Waals surface area contributed by atoms with Gasteiger partial charge in [-0.15, -0.1) is 11.3 Å². The van der Waals surface area contributed by atoms with Crippen molar-refractivity contribution in [1.29, 1.82) is 0 Å². The lowest BCUT2D eigenvalue weighted by atomic mass is 9.84. The lowest BCUT2D eigenvalue weighted by molar-refractivity contribution is -0.276. The van der Waals surface area contributed by atoms with E-state index in [4.69, 9.17) is 14.7 Å². The zero-order valence-corrected chi connectivity index (χ0v) is 28.6. The zero-order chi connectivity index (χ0) is 33.0. The van der Waals surface area contributed by atoms with E-state index >= 15 is 0 Å². The van der Waals surface area contributed by atoms with Crippen molar-refractivity contribution in [2.24, 2.45) is 11.3 Å². The predicted octanol–water partition coefficient (Wildman–Crippen LogP) is 3.77. The van der Waals surface area contributed by atoms with Gasteiger partial charge in [-0.05, 0) is 55.2 Å². The van der Waals surface area contributed by atoms with Crippen LogP contribution in [0.25, 0.3) is 16.3 Å². The normalized spacial score (nSPS) is 23.7. The Bertz CT molecular complexity index is 1360. The third-order valence-corrected chi connectivity index (χ3v) is 9.80. The molecule has 3 saturated heterocycles. The molecule has 1 aromatic heterocycles. The quantitative estimate of drug-likeness (QED) is 0.288. The van der Waals surface area contributed by atoms with Gasteiger partial charge in [0.15, 0.2) is 12.3 Å². The Balaban J connectivity index is 1.41. The van der Waals surface area contributed by atoms with Crippen LogP contribution in [0.5, 0.6) is 0 Å². The topological polar surface area (TPSA) is 116 Å². The summed E-state index contributed by atoms with van der Waals surface area (Å²) in [6, 6.07) is 7.13. The summed E-state index contributed by atoms with van der Waals surface area (Å²) in [5.41, 5.74) is 0.636. The molecule has 252 valence electrons. The molecule has 0 unspecified atom stereocenters. The van der Waals surface area contributed by atoms with Crippen LogP contribution in [0.1, 0.15) is 65.3 Å². The van der Waals surface area contributed by atoms with Gasteiger partial charge in [0.25, 0.3) is 11.8 Å². The highest BCUT2D eigenvalue weighted by atomic mass is 32.1. The van der Waals surface area contributed by atoms with Gasteiger partial charge in [0.2, 0.25) is 5.91 Å². The number of carbonyl (C=O) groups excluding carboxylic acids is 3. The van der Waals surface area contributed by atoms with Crippen LogP contribution >= 0.6 is 11.3 Å². The summed E-state index contributed by atoms with van der Waals surface area (Å²) in [5.74, 6) is -0.500. The first-order valence-electron chi connectivity index (χ1n) is 16.5. The fourth-order valence-corrected chi connectivity index (χ4v) is 7.51. The number of hydrogen-bond acceptors (Lipinski definition) is 9. The minimum Gasteiger partial charge on any atom is -0.394 e. The van der Waals surface area contributed by atoms with Crippen molar-refractivity contribution in [2.45, 2.75) is 84.7 Å². The number of hydroxylamine groups is 2. The van der Waals surface area contributed by atoms with Crippen molar-refractivity contribution in [1.82, 2.24) is 24.7 Å². The number of ether oxygens (including phenoxy) is 1. The smallest absolute Gasteiger partial charge is 0.272 e. The Kier molecular flexibility index (Phi) is 11.1. The van der Waals surface area contributed by atoms with E-state index < -0.39 is 18.3 Å². The highest BCUT2D eigenvalue weighted by Gasteiger charge is 2.54. The van der Waals surface area contributed by atoms with Gasteiger partial charge in [0.05, 0.1) is 36.6 Å². The van der Waals surface area contributed by atoms with Gasteiger partial charge in [-0.3, -0.25) is 19.2 Å². The van der Waals surface area contributed by atoms with Gasteiger partial charge in [-0.2, -0.15) is 5.06 Å². The largest absolute Gasteiger partial charge is 0.394 e.